The molecule has 0 saturated heterocycles. The van der Waals surface area contributed by atoms with Crippen LogP contribution in [0.2, 0.25) is 5.02 Å². The molecule has 5 rings (SSSR count). The van der Waals surface area contributed by atoms with Gasteiger partial charge < -0.3 is 19.7 Å². The quantitative estimate of drug-likeness (QED) is 0.255. The zero-order valence-electron chi connectivity index (χ0n) is 20.1. The molecule has 182 valence electrons. The highest BCUT2D eigenvalue weighted by atomic mass is 35.5. The lowest BCUT2D eigenvalue weighted by atomic mass is 10.1. The fourth-order valence-electron chi connectivity index (χ4n) is 4.43. The van der Waals surface area contributed by atoms with Gasteiger partial charge in [0.05, 0.1) is 28.6 Å². The van der Waals surface area contributed by atoms with Gasteiger partial charge in [-0.2, -0.15) is 0 Å². The van der Waals surface area contributed by atoms with Crippen LogP contribution in [-0.4, -0.2) is 32.7 Å². The number of nitrogens with zero attached hydrogens (tertiary/aromatic N) is 3. The van der Waals surface area contributed by atoms with E-state index in [9.17, 15) is 9.90 Å². The maximum Gasteiger partial charge on any atom is 0.335 e. The molecular formula is C28H25ClN4O3. The third kappa shape index (κ3) is 4.22. The first kappa shape index (κ1) is 23.6. The van der Waals surface area contributed by atoms with Crippen LogP contribution >= 0.6 is 11.6 Å². The average molecular weight is 501 g/mol. The number of para-hydroxylation sites is 1. The largest absolute Gasteiger partial charge is 0.495 e. The Morgan fingerprint density at radius 2 is 1.83 bits per heavy atom. The molecule has 8 heteroatoms. The summed E-state index contributed by atoms with van der Waals surface area (Å²) in [5.74, 6) is 0.856. The van der Waals surface area contributed by atoms with Crippen molar-refractivity contribution in [3.8, 4) is 17.1 Å². The van der Waals surface area contributed by atoms with E-state index < -0.39 is 5.97 Å². The summed E-state index contributed by atoms with van der Waals surface area (Å²) in [6.07, 6.45) is 0. The van der Waals surface area contributed by atoms with Gasteiger partial charge in [0.2, 0.25) is 0 Å². The molecule has 0 bridgehead atoms. The number of hydrogen-bond acceptors (Lipinski definition) is 5. The standard InChI is InChI=1S/C28H25ClN4O3/c1-16(2)33-22-7-5-4-6-20(22)24-26(30-15-17-8-13-23(36-3)21(29)14-17)31-25(32-27(24)33)18-9-11-19(12-10-18)28(34)35/h4-14,16H,15H2,1-3H3,(H,34,35)(H,30,31,32). The van der Waals surface area contributed by atoms with E-state index in [1.165, 1.54) is 0 Å². The number of methoxy groups -OCH3 is 1. The lowest BCUT2D eigenvalue weighted by Gasteiger charge is -2.13. The van der Waals surface area contributed by atoms with Crippen LogP contribution in [-0.2, 0) is 6.54 Å². The second-order valence-electron chi connectivity index (χ2n) is 8.78. The van der Waals surface area contributed by atoms with Crippen molar-refractivity contribution in [3.63, 3.8) is 0 Å². The Bertz CT molecular complexity index is 1590. The molecule has 0 aliphatic carbocycles. The Hall–Kier alpha value is -4.10. The highest BCUT2D eigenvalue weighted by Gasteiger charge is 2.20. The van der Waals surface area contributed by atoms with Crippen molar-refractivity contribution in [1.82, 2.24) is 14.5 Å². The first-order valence-electron chi connectivity index (χ1n) is 11.6. The Morgan fingerprint density at radius 1 is 1.08 bits per heavy atom. The van der Waals surface area contributed by atoms with E-state index in [0.29, 0.717) is 29.0 Å². The van der Waals surface area contributed by atoms with Gasteiger partial charge in [-0.1, -0.05) is 48.0 Å². The molecule has 36 heavy (non-hydrogen) atoms. The lowest BCUT2D eigenvalue weighted by Crippen LogP contribution is -2.06. The Labute approximate surface area is 213 Å². The molecule has 5 aromatic rings. The molecule has 0 spiro atoms. The fourth-order valence-corrected chi connectivity index (χ4v) is 4.71. The SMILES string of the molecule is COc1ccc(CNc2nc(-c3ccc(C(=O)O)cc3)nc3c2c2ccccc2n3C(C)C)cc1Cl. The number of nitrogens with one attached hydrogen (secondary N) is 1. The highest BCUT2D eigenvalue weighted by molar-refractivity contribution is 6.32. The maximum atomic E-state index is 11.3. The molecule has 0 aliphatic heterocycles. The second-order valence-corrected chi connectivity index (χ2v) is 9.19. The molecule has 7 nitrogen and oxygen atoms in total. The Kier molecular flexibility index (Phi) is 6.24. The highest BCUT2D eigenvalue weighted by Crippen LogP contribution is 2.36. The maximum absolute atomic E-state index is 11.3. The zero-order chi connectivity index (χ0) is 25.4. The summed E-state index contributed by atoms with van der Waals surface area (Å²) in [6.45, 7) is 4.75. The number of ether oxygens (including phenoxy) is 1. The van der Waals surface area contributed by atoms with Crippen LogP contribution in [0.25, 0.3) is 33.3 Å². The number of carboxylic acids is 1. The summed E-state index contributed by atoms with van der Waals surface area (Å²) < 4.78 is 7.47. The molecule has 0 unspecified atom stereocenters. The van der Waals surface area contributed by atoms with Gasteiger partial charge in [-0.25, -0.2) is 14.8 Å². The smallest absolute Gasteiger partial charge is 0.335 e. The molecule has 0 atom stereocenters. The minimum Gasteiger partial charge on any atom is -0.495 e. The molecule has 0 aliphatic rings. The van der Waals surface area contributed by atoms with Crippen molar-refractivity contribution < 1.29 is 14.6 Å². The summed E-state index contributed by atoms with van der Waals surface area (Å²) in [4.78, 5) is 21.2. The van der Waals surface area contributed by atoms with E-state index in [1.54, 1.807) is 31.4 Å². The van der Waals surface area contributed by atoms with Gasteiger partial charge in [0.1, 0.15) is 17.2 Å². The summed E-state index contributed by atoms with van der Waals surface area (Å²) in [7, 11) is 1.59. The number of hydrogen-bond donors (Lipinski definition) is 2. The van der Waals surface area contributed by atoms with Crippen LogP contribution in [0.4, 0.5) is 5.82 Å². The number of rotatable bonds is 7. The number of carboxylic acid groups (broad SMARTS) is 1. The second kappa shape index (κ2) is 9.51. The average Bonchev–Trinajstić information content (AvgIpc) is 3.22. The van der Waals surface area contributed by atoms with Gasteiger partial charge in [-0.15, -0.1) is 0 Å². The Morgan fingerprint density at radius 3 is 2.50 bits per heavy atom. The summed E-state index contributed by atoms with van der Waals surface area (Å²) >= 11 is 6.34. The normalized spacial score (nSPS) is 11.4. The van der Waals surface area contributed by atoms with Gasteiger partial charge in [0.15, 0.2) is 5.82 Å². The number of anilines is 1. The predicted molar refractivity (Wildman–Crippen MR) is 143 cm³/mol. The molecule has 0 amide bonds. The molecule has 2 N–H and O–H groups in total. The monoisotopic (exact) mass is 500 g/mol. The number of benzene rings is 3. The van der Waals surface area contributed by atoms with Crippen LogP contribution in [0.1, 0.15) is 35.8 Å². The number of aromatic nitrogens is 3. The van der Waals surface area contributed by atoms with E-state index in [0.717, 1.165) is 33.1 Å². The van der Waals surface area contributed by atoms with Crippen molar-refractivity contribution in [2.24, 2.45) is 0 Å². The predicted octanol–water partition coefficient (Wildman–Crippen LogP) is 6.80. The number of carbonyl (C=O) groups is 1. The number of fused-ring (bicyclic) bond motifs is 3. The molecule has 0 radical (unpaired) electrons. The first-order valence-corrected chi connectivity index (χ1v) is 12.0. The lowest BCUT2D eigenvalue weighted by molar-refractivity contribution is 0.0697. The van der Waals surface area contributed by atoms with E-state index in [4.69, 9.17) is 26.3 Å². The van der Waals surface area contributed by atoms with E-state index in [2.05, 4.69) is 35.9 Å². The summed E-state index contributed by atoms with van der Waals surface area (Å²) in [6, 6.07) is 20.6. The van der Waals surface area contributed by atoms with Crippen molar-refractivity contribution >= 4 is 45.3 Å². The van der Waals surface area contributed by atoms with E-state index in [-0.39, 0.29) is 11.6 Å². The van der Waals surface area contributed by atoms with Crippen LogP contribution in [0, 0.1) is 0 Å². The third-order valence-corrected chi connectivity index (χ3v) is 6.43. The van der Waals surface area contributed by atoms with E-state index >= 15 is 0 Å². The molecular weight excluding hydrogens is 476 g/mol. The minimum absolute atomic E-state index is 0.165. The van der Waals surface area contributed by atoms with Gasteiger partial charge >= 0.3 is 5.97 Å². The van der Waals surface area contributed by atoms with Crippen molar-refractivity contribution in [1.29, 1.82) is 0 Å². The van der Waals surface area contributed by atoms with Gasteiger partial charge in [-0.05, 0) is 49.7 Å². The fraction of sp³-hybridized carbons (Fsp3) is 0.179. The molecule has 0 fully saturated rings. The summed E-state index contributed by atoms with van der Waals surface area (Å²) in [5, 5.41) is 15.3. The van der Waals surface area contributed by atoms with Crippen molar-refractivity contribution in [2.75, 3.05) is 12.4 Å². The van der Waals surface area contributed by atoms with Crippen LogP contribution in [0.15, 0.2) is 66.7 Å². The minimum atomic E-state index is -0.974. The first-order chi connectivity index (χ1) is 17.4. The molecule has 2 heterocycles. The topological polar surface area (TPSA) is 89.3 Å². The number of aromatic carboxylic acids is 1. The summed E-state index contributed by atoms with van der Waals surface area (Å²) in [5.41, 5.74) is 3.82. The van der Waals surface area contributed by atoms with Crippen molar-refractivity contribution in [2.45, 2.75) is 26.4 Å². The molecule has 2 aromatic heterocycles. The molecule has 0 saturated carbocycles. The Balaban J connectivity index is 1.67. The zero-order valence-corrected chi connectivity index (χ0v) is 20.9. The third-order valence-electron chi connectivity index (χ3n) is 6.13. The van der Waals surface area contributed by atoms with E-state index in [1.807, 2.05) is 30.3 Å². The van der Waals surface area contributed by atoms with Gasteiger partial charge in [-0.3, -0.25) is 0 Å². The number of halogens is 1. The van der Waals surface area contributed by atoms with Crippen LogP contribution in [0.3, 0.4) is 0 Å². The van der Waals surface area contributed by atoms with Gasteiger partial charge in [0.25, 0.3) is 0 Å². The van der Waals surface area contributed by atoms with Gasteiger partial charge in [0, 0.05) is 23.5 Å². The van der Waals surface area contributed by atoms with Crippen LogP contribution in [0.5, 0.6) is 5.75 Å². The van der Waals surface area contributed by atoms with Crippen molar-refractivity contribution in [3.05, 3.63) is 82.9 Å². The van der Waals surface area contributed by atoms with Crippen LogP contribution < -0.4 is 10.1 Å². The molecule has 3 aromatic carbocycles.